The first kappa shape index (κ1) is 13.9. The standard InChI is InChI=1S/C12H16ClN3S2/c1-12(2,3)11-10(18-16-15-11)9(14-4)7-5-6-8(13)17-7/h5-6,9,14H,1-4H3. The van der Waals surface area contributed by atoms with Crippen molar-refractivity contribution in [3.8, 4) is 0 Å². The SMILES string of the molecule is CNC(c1ccc(Cl)s1)c1snnc1C(C)(C)C. The van der Waals surface area contributed by atoms with Crippen molar-refractivity contribution < 1.29 is 0 Å². The van der Waals surface area contributed by atoms with Gasteiger partial charge in [0.05, 0.1) is 20.9 Å². The molecule has 0 spiro atoms. The first-order valence-corrected chi connectivity index (χ1v) is 7.65. The van der Waals surface area contributed by atoms with Gasteiger partial charge in [-0.15, -0.1) is 16.4 Å². The molecular weight excluding hydrogens is 286 g/mol. The van der Waals surface area contributed by atoms with Crippen LogP contribution in [0.15, 0.2) is 12.1 Å². The number of hydrogen-bond acceptors (Lipinski definition) is 5. The molecule has 2 rings (SSSR count). The second-order valence-electron chi connectivity index (χ2n) is 5.10. The Morgan fingerprint density at radius 2 is 2.06 bits per heavy atom. The second kappa shape index (κ2) is 5.25. The zero-order chi connectivity index (χ0) is 13.3. The molecule has 0 radical (unpaired) electrons. The minimum absolute atomic E-state index is 0.00150. The summed E-state index contributed by atoms with van der Waals surface area (Å²) in [5, 5.41) is 7.62. The average Bonchev–Trinajstić information content (AvgIpc) is 2.88. The second-order valence-corrected chi connectivity index (χ2v) is 7.63. The smallest absolute Gasteiger partial charge is 0.0931 e. The number of aromatic nitrogens is 2. The van der Waals surface area contributed by atoms with Crippen LogP contribution in [0.3, 0.4) is 0 Å². The maximum Gasteiger partial charge on any atom is 0.0931 e. The molecule has 6 heteroatoms. The molecule has 0 amide bonds. The third-order valence-corrected chi connectivity index (χ3v) is 4.74. The molecule has 2 aromatic rings. The van der Waals surface area contributed by atoms with Gasteiger partial charge in [0, 0.05) is 10.3 Å². The Hall–Kier alpha value is -0.490. The number of hydrogen-bond donors (Lipinski definition) is 1. The van der Waals surface area contributed by atoms with E-state index in [4.69, 9.17) is 11.6 Å². The van der Waals surface area contributed by atoms with Crippen molar-refractivity contribution in [3.05, 3.63) is 31.9 Å². The molecule has 2 aromatic heterocycles. The zero-order valence-corrected chi connectivity index (χ0v) is 13.2. The van der Waals surface area contributed by atoms with E-state index in [9.17, 15) is 0 Å². The van der Waals surface area contributed by atoms with Gasteiger partial charge in [-0.25, -0.2) is 0 Å². The van der Waals surface area contributed by atoms with Crippen LogP contribution in [0.4, 0.5) is 0 Å². The molecule has 0 bridgehead atoms. The quantitative estimate of drug-likeness (QED) is 0.935. The van der Waals surface area contributed by atoms with Gasteiger partial charge in [-0.2, -0.15) is 0 Å². The Bertz CT molecular complexity index is 527. The van der Waals surface area contributed by atoms with E-state index >= 15 is 0 Å². The lowest BCUT2D eigenvalue weighted by atomic mass is 9.90. The summed E-state index contributed by atoms with van der Waals surface area (Å²) in [6.07, 6.45) is 0. The maximum atomic E-state index is 6.02. The Balaban J connectivity index is 2.43. The Morgan fingerprint density at radius 3 is 2.56 bits per heavy atom. The van der Waals surface area contributed by atoms with Crippen LogP contribution in [0.25, 0.3) is 0 Å². The van der Waals surface area contributed by atoms with Crippen LogP contribution in [-0.4, -0.2) is 16.6 Å². The third-order valence-electron chi connectivity index (χ3n) is 2.65. The monoisotopic (exact) mass is 301 g/mol. The largest absolute Gasteiger partial charge is 0.308 e. The summed E-state index contributed by atoms with van der Waals surface area (Å²) >= 11 is 9.06. The number of nitrogens with one attached hydrogen (secondary N) is 1. The summed E-state index contributed by atoms with van der Waals surface area (Å²) in [6.45, 7) is 6.46. The van der Waals surface area contributed by atoms with Crippen molar-refractivity contribution >= 4 is 34.5 Å². The van der Waals surface area contributed by atoms with E-state index in [1.54, 1.807) is 11.3 Å². The summed E-state index contributed by atoms with van der Waals surface area (Å²) in [6, 6.07) is 4.11. The van der Waals surface area contributed by atoms with Crippen LogP contribution >= 0.6 is 34.5 Å². The molecule has 1 N–H and O–H groups in total. The van der Waals surface area contributed by atoms with Crippen molar-refractivity contribution in [1.82, 2.24) is 14.9 Å². The van der Waals surface area contributed by atoms with E-state index in [0.717, 1.165) is 10.0 Å². The van der Waals surface area contributed by atoms with Gasteiger partial charge >= 0.3 is 0 Å². The fraction of sp³-hybridized carbons (Fsp3) is 0.500. The van der Waals surface area contributed by atoms with Crippen LogP contribution in [0.5, 0.6) is 0 Å². The van der Waals surface area contributed by atoms with E-state index in [1.807, 2.05) is 13.1 Å². The van der Waals surface area contributed by atoms with Gasteiger partial charge in [0.1, 0.15) is 0 Å². The van der Waals surface area contributed by atoms with Crippen molar-refractivity contribution in [2.75, 3.05) is 7.05 Å². The summed E-state index contributed by atoms with van der Waals surface area (Å²) in [7, 11) is 1.95. The van der Waals surface area contributed by atoms with E-state index in [2.05, 4.69) is 41.7 Å². The topological polar surface area (TPSA) is 37.8 Å². The predicted molar refractivity (Wildman–Crippen MR) is 78.8 cm³/mol. The summed E-state index contributed by atoms with van der Waals surface area (Å²) in [5.41, 5.74) is 1.05. The van der Waals surface area contributed by atoms with E-state index in [1.165, 1.54) is 21.3 Å². The molecule has 0 aliphatic heterocycles. The van der Waals surface area contributed by atoms with Gasteiger partial charge in [-0.1, -0.05) is 36.9 Å². The van der Waals surface area contributed by atoms with Crippen LogP contribution < -0.4 is 5.32 Å². The molecule has 3 nitrogen and oxygen atoms in total. The molecule has 1 unspecified atom stereocenters. The van der Waals surface area contributed by atoms with Gasteiger partial charge in [0.2, 0.25) is 0 Å². The lowest BCUT2D eigenvalue weighted by Gasteiger charge is -2.20. The van der Waals surface area contributed by atoms with Gasteiger partial charge in [0.25, 0.3) is 0 Å². The van der Waals surface area contributed by atoms with Gasteiger partial charge in [-0.05, 0) is 30.7 Å². The first-order valence-electron chi connectivity index (χ1n) is 5.68. The first-order chi connectivity index (χ1) is 8.43. The van der Waals surface area contributed by atoms with Crippen LogP contribution in [0.1, 0.15) is 42.3 Å². The fourth-order valence-electron chi connectivity index (χ4n) is 1.79. The number of thiophene rings is 1. The lowest BCUT2D eigenvalue weighted by molar-refractivity contribution is 0.550. The molecule has 0 aliphatic rings. The average molecular weight is 302 g/mol. The normalized spacial score (nSPS) is 13.8. The number of rotatable bonds is 3. The van der Waals surface area contributed by atoms with Crippen molar-refractivity contribution in [2.24, 2.45) is 0 Å². The Labute approximate surface area is 120 Å². The molecule has 1 atom stereocenters. The molecular formula is C12H16ClN3S2. The highest BCUT2D eigenvalue weighted by Crippen LogP contribution is 2.36. The van der Waals surface area contributed by atoms with Gasteiger partial charge < -0.3 is 5.32 Å². The molecule has 0 saturated heterocycles. The molecule has 18 heavy (non-hydrogen) atoms. The number of halogens is 1. The van der Waals surface area contributed by atoms with Crippen LogP contribution in [0, 0.1) is 0 Å². The molecule has 0 aliphatic carbocycles. The van der Waals surface area contributed by atoms with E-state index in [0.29, 0.717) is 0 Å². The van der Waals surface area contributed by atoms with Crippen LogP contribution in [0.2, 0.25) is 4.34 Å². The minimum atomic E-state index is -0.00150. The van der Waals surface area contributed by atoms with E-state index < -0.39 is 0 Å². The van der Waals surface area contributed by atoms with Crippen molar-refractivity contribution in [3.63, 3.8) is 0 Å². The minimum Gasteiger partial charge on any atom is -0.308 e. The maximum absolute atomic E-state index is 6.02. The molecule has 98 valence electrons. The van der Waals surface area contributed by atoms with Gasteiger partial charge in [0.15, 0.2) is 0 Å². The third kappa shape index (κ3) is 2.74. The molecule has 0 fully saturated rings. The fourth-order valence-corrected chi connectivity index (χ4v) is 4.04. The summed E-state index contributed by atoms with van der Waals surface area (Å²) < 4.78 is 4.92. The van der Waals surface area contributed by atoms with Crippen molar-refractivity contribution in [2.45, 2.75) is 32.2 Å². The lowest BCUT2D eigenvalue weighted by Crippen LogP contribution is -2.21. The molecule has 2 heterocycles. The highest BCUT2D eigenvalue weighted by atomic mass is 35.5. The van der Waals surface area contributed by atoms with Crippen LogP contribution in [-0.2, 0) is 5.41 Å². The number of nitrogens with zero attached hydrogens (tertiary/aromatic N) is 2. The summed E-state index contributed by atoms with van der Waals surface area (Å²) in [5.74, 6) is 0. The highest BCUT2D eigenvalue weighted by Gasteiger charge is 2.28. The van der Waals surface area contributed by atoms with Crippen molar-refractivity contribution in [1.29, 1.82) is 0 Å². The highest BCUT2D eigenvalue weighted by molar-refractivity contribution is 7.16. The molecule has 0 saturated carbocycles. The van der Waals surface area contributed by atoms with E-state index in [-0.39, 0.29) is 11.5 Å². The molecule has 0 aromatic carbocycles. The Morgan fingerprint density at radius 1 is 1.33 bits per heavy atom. The zero-order valence-electron chi connectivity index (χ0n) is 10.8. The van der Waals surface area contributed by atoms with Gasteiger partial charge in [-0.3, -0.25) is 0 Å². The Kier molecular flexibility index (Phi) is 4.06. The predicted octanol–water partition coefficient (Wildman–Crippen LogP) is 3.86. The summed E-state index contributed by atoms with van der Waals surface area (Å²) in [4.78, 5) is 2.36.